The van der Waals surface area contributed by atoms with Gasteiger partial charge in [0.05, 0.1) is 16.6 Å². The van der Waals surface area contributed by atoms with E-state index in [4.69, 9.17) is 4.98 Å². The molecule has 5 aromatic rings. The van der Waals surface area contributed by atoms with Gasteiger partial charge in [0.25, 0.3) is 0 Å². The summed E-state index contributed by atoms with van der Waals surface area (Å²) in [5.74, 6) is 3.34. The number of para-hydroxylation sites is 2. The number of fused-ring (bicyclic) bond motifs is 10. The van der Waals surface area contributed by atoms with Crippen molar-refractivity contribution in [2.75, 3.05) is 0 Å². The summed E-state index contributed by atoms with van der Waals surface area (Å²) in [5, 5.41) is 4.02. The predicted octanol–water partition coefficient (Wildman–Crippen LogP) is 7.33. The van der Waals surface area contributed by atoms with Crippen LogP contribution in [0.5, 0.6) is 0 Å². The van der Waals surface area contributed by atoms with E-state index in [-0.39, 0.29) is 0 Å². The van der Waals surface area contributed by atoms with E-state index < -0.39 is 0 Å². The molecular weight excluding hydrogens is 376 g/mol. The molecule has 2 saturated carbocycles. The highest BCUT2D eigenvalue weighted by Gasteiger charge is 2.47. The molecule has 3 bridgehead atoms. The topological polar surface area (TPSA) is 17.8 Å². The first-order chi connectivity index (χ1) is 15.3. The summed E-state index contributed by atoms with van der Waals surface area (Å²) in [6.07, 6.45) is 7.89. The molecule has 2 nitrogen and oxygen atoms in total. The van der Waals surface area contributed by atoms with Crippen LogP contribution in [0.3, 0.4) is 0 Å². The summed E-state index contributed by atoms with van der Waals surface area (Å²) in [7, 11) is 0. The number of benzene rings is 3. The van der Waals surface area contributed by atoms with Gasteiger partial charge >= 0.3 is 0 Å². The number of pyridine rings is 1. The molecule has 150 valence electrons. The summed E-state index contributed by atoms with van der Waals surface area (Å²) in [6, 6.07) is 24.4. The minimum absolute atomic E-state index is 0.731. The van der Waals surface area contributed by atoms with E-state index in [1.807, 2.05) is 0 Å². The Labute approximate surface area is 181 Å². The predicted molar refractivity (Wildman–Crippen MR) is 127 cm³/mol. The maximum atomic E-state index is 5.04. The molecule has 0 amide bonds. The average Bonchev–Trinajstić information content (AvgIpc) is 3.25. The summed E-state index contributed by atoms with van der Waals surface area (Å²) in [6.45, 7) is 0. The van der Waals surface area contributed by atoms with Gasteiger partial charge < -0.3 is 4.57 Å². The van der Waals surface area contributed by atoms with Crippen LogP contribution < -0.4 is 0 Å². The Hall–Kier alpha value is -3.13. The zero-order chi connectivity index (χ0) is 20.1. The molecule has 0 N–H and O–H groups in total. The second-order valence-corrected chi connectivity index (χ2v) is 10.1. The maximum Gasteiger partial charge on any atom is 0.0712 e. The van der Waals surface area contributed by atoms with Crippen molar-refractivity contribution in [3.8, 4) is 5.69 Å². The van der Waals surface area contributed by atoms with Crippen LogP contribution in [0.15, 0.2) is 72.9 Å². The number of rotatable bonds is 1. The first-order valence-corrected chi connectivity index (χ1v) is 11.8. The Bertz CT molecular complexity index is 1510. The van der Waals surface area contributed by atoms with Crippen molar-refractivity contribution in [3.63, 3.8) is 0 Å². The Morgan fingerprint density at radius 2 is 1.61 bits per heavy atom. The van der Waals surface area contributed by atoms with Gasteiger partial charge in [-0.15, -0.1) is 0 Å². The zero-order valence-electron chi connectivity index (χ0n) is 17.5. The Morgan fingerprint density at radius 1 is 0.742 bits per heavy atom. The van der Waals surface area contributed by atoms with Crippen molar-refractivity contribution in [2.45, 2.75) is 37.5 Å². The molecule has 2 heteroatoms. The van der Waals surface area contributed by atoms with E-state index in [1.165, 1.54) is 64.1 Å². The highest BCUT2D eigenvalue weighted by atomic mass is 15.0. The SMILES string of the molecule is c1ccc(-n2c3ccccc3c3cc4ncc5c(c4cc32)C2CC3CC(C2)C5C3)cc1. The van der Waals surface area contributed by atoms with Crippen molar-refractivity contribution in [2.24, 2.45) is 11.8 Å². The Kier molecular flexibility index (Phi) is 3.08. The number of aromatic nitrogens is 2. The Balaban J connectivity index is 1.51. The van der Waals surface area contributed by atoms with Crippen molar-refractivity contribution in [1.82, 2.24) is 9.55 Å². The lowest BCUT2D eigenvalue weighted by Gasteiger charge is -2.36. The fourth-order valence-corrected chi connectivity index (χ4v) is 7.47. The van der Waals surface area contributed by atoms with E-state index >= 15 is 0 Å². The van der Waals surface area contributed by atoms with Gasteiger partial charge in [0.15, 0.2) is 0 Å². The smallest absolute Gasteiger partial charge is 0.0712 e. The average molecular weight is 401 g/mol. The molecule has 3 aromatic carbocycles. The molecule has 4 atom stereocenters. The third-order valence-corrected chi connectivity index (χ3v) is 8.55. The third kappa shape index (κ3) is 2.10. The summed E-state index contributed by atoms with van der Waals surface area (Å²) in [4.78, 5) is 5.04. The van der Waals surface area contributed by atoms with Gasteiger partial charge in [-0.25, -0.2) is 0 Å². The lowest BCUT2D eigenvalue weighted by atomic mass is 9.68. The highest BCUT2D eigenvalue weighted by Crippen LogP contribution is 2.61. The van der Waals surface area contributed by atoms with Gasteiger partial charge in [-0.05, 0) is 90.8 Å². The van der Waals surface area contributed by atoms with Crippen molar-refractivity contribution in [3.05, 3.63) is 84.1 Å². The fourth-order valence-electron chi connectivity index (χ4n) is 7.47. The summed E-state index contributed by atoms with van der Waals surface area (Å²) < 4.78 is 2.44. The molecule has 0 saturated heterocycles. The molecule has 4 unspecified atom stereocenters. The third-order valence-electron chi connectivity index (χ3n) is 8.55. The summed E-state index contributed by atoms with van der Waals surface area (Å²) in [5.41, 5.74) is 8.19. The standard InChI is InChI=1S/C29H24N2/c1-2-6-20(7-3-1)31-27-9-5-4-8-21(27)23-14-26-24(15-28(23)31)29-19-11-17-10-18(13-19)22(12-17)25(29)16-30-26/h1-9,14-19,22H,10-13H2. The molecule has 0 aliphatic heterocycles. The van der Waals surface area contributed by atoms with Crippen LogP contribution >= 0.6 is 0 Å². The van der Waals surface area contributed by atoms with Crippen LogP contribution in [0.25, 0.3) is 38.4 Å². The van der Waals surface area contributed by atoms with Crippen molar-refractivity contribution < 1.29 is 0 Å². The first kappa shape index (κ1) is 16.5. The van der Waals surface area contributed by atoms with E-state index in [0.29, 0.717) is 0 Å². The van der Waals surface area contributed by atoms with Crippen LogP contribution in [0.1, 0.15) is 48.6 Å². The number of hydrogen-bond acceptors (Lipinski definition) is 1. The van der Waals surface area contributed by atoms with E-state index in [0.717, 1.165) is 23.7 Å². The molecule has 31 heavy (non-hydrogen) atoms. The van der Waals surface area contributed by atoms with E-state index in [9.17, 15) is 0 Å². The fraction of sp³-hybridized carbons (Fsp3) is 0.276. The molecule has 0 spiro atoms. The van der Waals surface area contributed by atoms with Crippen molar-refractivity contribution in [1.29, 1.82) is 0 Å². The van der Waals surface area contributed by atoms with Crippen molar-refractivity contribution >= 4 is 32.7 Å². The van der Waals surface area contributed by atoms with Gasteiger partial charge in [-0.3, -0.25) is 4.98 Å². The molecule has 0 radical (unpaired) electrons. The Morgan fingerprint density at radius 3 is 2.55 bits per heavy atom. The van der Waals surface area contributed by atoms with Gasteiger partial charge in [0.2, 0.25) is 0 Å². The van der Waals surface area contributed by atoms with E-state index in [2.05, 4.69) is 77.5 Å². The van der Waals surface area contributed by atoms with Gasteiger partial charge in [0.1, 0.15) is 0 Å². The van der Waals surface area contributed by atoms with Crippen LogP contribution in [0.4, 0.5) is 0 Å². The second-order valence-electron chi connectivity index (χ2n) is 10.1. The van der Waals surface area contributed by atoms with Gasteiger partial charge in [-0.2, -0.15) is 0 Å². The normalized spacial score (nSPS) is 26.2. The second kappa shape index (κ2) is 5.76. The molecule has 8 rings (SSSR count). The molecule has 2 aromatic heterocycles. The highest BCUT2D eigenvalue weighted by molar-refractivity contribution is 6.13. The van der Waals surface area contributed by atoms with Gasteiger partial charge in [-0.1, -0.05) is 36.4 Å². The minimum atomic E-state index is 0.731. The lowest BCUT2D eigenvalue weighted by Crippen LogP contribution is -2.23. The quantitative estimate of drug-likeness (QED) is 0.288. The maximum absolute atomic E-state index is 5.04. The van der Waals surface area contributed by atoms with Crippen LogP contribution in [-0.2, 0) is 0 Å². The largest absolute Gasteiger partial charge is 0.309 e. The van der Waals surface area contributed by atoms with Crippen LogP contribution in [-0.4, -0.2) is 9.55 Å². The molecule has 2 fully saturated rings. The molecule has 2 heterocycles. The molecule has 3 aliphatic rings. The van der Waals surface area contributed by atoms with Crippen LogP contribution in [0.2, 0.25) is 0 Å². The van der Waals surface area contributed by atoms with Crippen LogP contribution in [0, 0.1) is 11.8 Å². The van der Waals surface area contributed by atoms with E-state index in [1.54, 1.807) is 11.1 Å². The minimum Gasteiger partial charge on any atom is -0.309 e. The number of hydrogen-bond donors (Lipinski definition) is 0. The summed E-state index contributed by atoms with van der Waals surface area (Å²) >= 11 is 0. The zero-order valence-corrected chi connectivity index (χ0v) is 17.5. The lowest BCUT2D eigenvalue weighted by molar-refractivity contribution is 0.298. The monoisotopic (exact) mass is 400 g/mol. The molecule has 3 aliphatic carbocycles. The number of nitrogens with zero attached hydrogens (tertiary/aromatic N) is 2. The van der Waals surface area contributed by atoms with Gasteiger partial charge in [0, 0.05) is 28.0 Å². The first-order valence-electron chi connectivity index (χ1n) is 11.8. The molecular formula is C29H24N2.